The second kappa shape index (κ2) is 6.99. The topological polar surface area (TPSA) is 76.8 Å². The summed E-state index contributed by atoms with van der Waals surface area (Å²) in [4.78, 5) is 14.2. The van der Waals surface area contributed by atoms with Gasteiger partial charge in [-0.25, -0.2) is 0 Å². The van der Waals surface area contributed by atoms with Crippen LogP contribution in [0.3, 0.4) is 0 Å². The van der Waals surface area contributed by atoms with E-state index in [1.54, 1.807) is 14.2 Å². The molecule has 2 heterocycles. The van der Waals surface area contributed by atoms with E-state index in [2.05, 4.69) is 22.3 Å². The van der Waals surface area contributed by atoms with Gasteiger partial charge in [-0.2, -0.15) is 0 Å². The Labute approximate surface area is 143 Å². The minimum atomic E-state index is -0.0409. The van der Waals surface area contributed by atoms with Crippen molar-refractivity contribution >= 4 is 5.91 Å². The van der Waals surface area contributed by atoms with Crippen LogP contribution in [0.4, 0.5) is 0 Å². The Morgan fingerprint density at radius 3 is 2.71 bits per heavy atom. The lowest BCUT2D eigenvalue weighted by atomic mass is 9.83. The first-order valence-corrected chi connectivity index (χ1v) is 8.61. The predicted octanol–water partition coefficient (Wildman–Crippen LogP) is 1.23. The molecule has 132 valence electrons. The minimum Gasteiger partial charge on any atom is -0.493 e. The van der Waals surface area contributed by atoms with Gasteiger partial charge in [0.15, 0.2) is 11.5 Å². The number of methoxy groups -OCH3 is 2. The molecular formula is C18H27N3O3. The number of hydrogen-bond acceptors (Lipinski definition) is 5. The Kier molecular flexibility index (Phi) is 4.96. The van der Waals surface area contributed by atoms with E-state index in [0.29, 0.717) is 6.42 Å². The van der Waals surface area contributed by atoms with Gasteiger partial charge in [0.1, 0.15) is 0 Å². The lowest BCUT2D eigenvalue weighted by Crippen LogP contribution is -2.59. The zero-order valence-electron chi connectivity index (χ0n) is 14.7. The van der Waals surface area contributed by atoms with Gasteiger partial charge in [0.25, 0.3) is 0 Å². The second-order valence-corrected chi connectivity index (χ2v) is 6.59. The third-order valence-electron chi connectivity index (χ3n) is 5.22. The van der Waals surface area contributed by atoms with Crippen LogP contribution in [0.15, 0.2) is 12.1 Å². The van der Waals surface area contributed by atoms with Crippen LogP contribution >= 0.6 is 0 Å². The second-order valence-electron chi connectivity index (χ2n) is 6.59. The Morgan fingerprint density at radius 2 is 2.04 bits per heavy atom. The van der Waals surface area contributed by atoms with Gasteiger partial charge in [-0.3, -0.25) is 9.69 Å². The van der Waals surface area contributed by atoms with E-state index in [0.717, 1.165) is 37.4 Å². The van der Waals surface area contributed by atoms with E-state index in [9.17, 15) is 4.79 Å². The molecule has 0 radical (unpaired) electrons. The maximum absolute atomic E-state index is 11.7. The first kappa shape index (κ1) is 17.0. The largest absolute Gasteiger partial charge is 0.493 e. The summed E-state index contributed by atoms with van der Waals surface area (Å²) in [6.07, 6.45) is 2.29. The fourth-order valence-corrected chi connectivity index (χ4v) is 3.85. The summed E-state index contributed by atoms with van der Waals surface area (Å²) in [5, 5.41) is 3.07. The van der Waals surface area contributed by atoms with E-state index in [1.807, 2.05) is 6.92 Å². The van der Waals surface area contributed by atoms with Crippen molar-refractivity contribution in [3.63, 3.8) is 0 Å². The maximum atomic E-state index is 11.7. The number of nitrogens with two attached hydrogens (primary N) is 1. The number of nitrogens with zero attached hydrogens (tertiary/aromatic N) is 1. The molecule has 24 heavy (non-hydrogen) atoms. The molecule has 3 N–H and O–H groups in total. The summed E-state index contributed by atoms with van der Waals surface area (Å²) in [5.41, 5.74) is 8.95. The van der Waals surface area contributed by atoms with E-state index in [-0.39, 0.29) is 24.0 Å². The number of carbonyl (C=O) groups is 1. The summed E-state index contributed by atoms with van der Waals surface area (Å²) >= 11 is 0. The first-order chi connectivity index (χ1) is 11.6. The number of hydrogen-bond donors (Lipinski definition) is 2. The van der Waals surface area contributed by atoms with Crippen molar-refractivity contribution in [2.75, 3.05) is 27.3 Å². The summed E-state index contributed by atoms with van der Waals surface area (Å²) in [6.45, 7) is 3.63. The number of amides is 1. The number of fused-ring (bicyclic) bond motifs is 3. The predicted molar refractivity (Wildman–Crippen MR) is 92.4 cm³/mol. The van der Waals surface area contributed by atoms with Crippen molar-refractivity contribution in [2.24, 2.45) is 5.73 Å². The van der Waals surface area contributed by atoms with Crippen molar-refractivity contribution in [2.45, 2.75) is 44.3 Å². The lowest BCUT2D eigenvalue weighted by Gasteiger charge is -2.46. The highest BCUT2D eigenvalue weighted by Gasteiger charge is 2.38. The zero-order chi connectivity index (χ0) is 17.3. The van der Waals surface area contributed by atoms with Gasteiger partial charge in [0, 0.05) is 31.6 Å². The summed E-state index contributed by atoms with van der Waals surface area (Å²) in [7, 11) is 3.32. The average Bonchev–Trinajstić information content (AvgIpc) is 2.60. The maximum Gasteiger partial charge on any atom is 0.220 e. The fourth-order valence-electron chi connectivity index (χ4n) is 3.85. The third kappa shape index (κ3) is 3.08. The van der Waals surface area contributed by atoms with Gasteiger partial charge >= 0.3 is 0 Å². The molecule has 6 heteroatoms. The Balaban J connectivity index is 1.84. The fraction of sp³-hybridized carbons (Fsp3) is 0.611. The molecule has 0 spiro atoms. The van der Waals surface area contributed by atoms with Crippen LogP contribution in [0.2, 0.25) is 0 Å². The highest BCUT2D eigenvalue weighted by Crippen LogP contribution is 2.41. The smallest absolute Gasteiger partial charge is 0.220 e. The van der Waals surface area contributed by atoms with Crippen LogP contribution in [0.5, 0.6) is 11.5 Å². The molecule has 2 aliphatic rings. The molecule has 0 saturated carbocycles. The Morgan fingerprint density at radius 1 is 1.33 bits per heavy atom. The van der Waals surface area contributed by atoms with Gasteiger partial charge in [-0.1, -0.05) is 6.92 Å². The SMILES string of the molecule is CCC(=O)N[C@H]1CN2CCc3cc(OC)c(OC)cc3[C@@H]2C[C@@H]1N. The molecule has 0 aliphatic carbocycles. The van der Waals surface area contributed by atoms with Crippen LogP contribution in [0.25, 0.3) is 0 Å². The van der Waals surface area contributed by atoms with E-state index in [4.69, 9.17) is 15.2 Å². The normalized spacial score (nSPS) is 26.2. The molecule has 1 fully saturated rings. The summed E-state index contributed by atoms with van der Waals surface area (Å²) < 4.78 is 10.9. The molecule has 1 saturated heterocycles. The molecule has 1 aromatic carbocycles. The van der Waals surface area contributed by atoms with Gasteiger partial charge in [0.2, 0.25) is 5.91 Å². The van der Waals surface area contributed by atoms with Crippen LogP contribution < -0.4 is 20.5 Å². The average molecular weight is 333 g/mol. The van der Waals surface area contributed by atoms with Gasteiger partial charge in [-0.15, -0.1) is 0 Å². The highest BCUT2D eigenvalue weighted by atomic mass is 16.5. The Bertz CT molecular complexity index is 620. The van der Waals surface area contributed by atoms with Gasteiger partial charge < -0.3 is 20.5 Å². The monoisotopic (exact) mass is 333 g/mol. The van der Waals surface area contributed by atoms with Crippen LogP contribution in [0, 0.1) is 0 Å². The van der Waals surface area contributed by atoms with Gasteiger partial charge in [-0.05, 0) is 36.1 Å². The quantitative estimate of drug-likeness (QED) is 0.867. The van der Waals surface area contributed by atoms with Crippen molar-refractivity contribution in [3.05, 3.63) is 23.3 Å². The van der Waals surface area contributed by atoms with E-state index >= 15 is 0 Å². The molecule has 2 aliphatic heterocycles. The highest BCUT2D eigenvalue weighted by molar-refractivity contribution is 5.76. The van der Waals surface area contributed by atoms with E-state index < -0.39 is 0 Å². The molecule has 0 bridgehead atoms. The number of rotatable bonds is 4. The molecule has 1 amide bonds. The van der Waals surface area contributed by atoms with Crippen LogP contribution in [-0.4, -0.2) is 50.2 Å². The number of ether oxygens (including phenoxy) is 2. The van der Waals surface area contributed by atoms with E-state index in [1.165, 1.54) is 11.1 Å². The molecule has 3 atom stereocenters. The van der Waals surface area contributed by atoms with Crippen LogP contribution in [0.1, 0.15) is 36.9 Å². The molecule has 3 rings (SSSR count). The zero-order valence-corrected chi connectivity index (χ0v) is 14.7. The molecule has 0 aromatic heterocycles. The van der Waals surface area contributed by atoms with Crippen molar-refractivity contribution in [1.29, 1.82) is 0 Å². The number of piperidine rings is 1. The first-order valence-electron chi connectivity index (χ1n) is 8.61. The summed E-state index contributed by atoms with van der Waals surface area (Å²) in [6, 6.07) is 4.43. The number of nitrogens with one attached hydrogen (secondary N) is 1. The molecule has 0 unspecified atom stereocenters. The number of carbonyl (C=O) groups excluding carboxylic acids is 1. The Hall–Kier alpha value is -1.79. The van der Waals surface area contributed by atoms with Crippen LogP contribution in [-0.2, 0) is 11.2 Å². The molecule has 1 aromatic rings. The van der Waals surface area contributed by atoms with Crippen molar-refractivity contribution in [1.82, 2.24) is 10.2 Å². The number of benzene rings is 1. The summed E-state index contributed by atoms with van der Waals surface area (Å²) in [5.74, 6) is 1.60. The molecule has 6 nitrogen and oxygen atoms in total. The third-order valence-corrected chi connectivity index (χ3v) is 5.22. The van der Waals surface area contributed by atoms with Crippen molar-refractivity contribution in [3.8, 4) is 11.5 Å². The molecular weight excluding hydrogens is 306 g/mol. The lowest BCUT2D eigenvalue weighted by molar-refractivity contribution is -0.122. The minimum absolute atomic E-state index is 0.0235. The van der Waals surface area contributed by atoms with Gasteiger partial charge in [0.05, 0.1) is 20.3 Å². The van der Waals surface area contributed by atoms with Crippen molar-refractivity contribution < 1.29 is 14.3 Å². The standard InChI is InChI=1S/C18H27N3O3/c1-4-18(22)20-14-10-21-6-5-11-7-16(23-2)17(24-3)8-12(11)15(21)9-13(14)19/h7-8,13-15H,4-6,9-10,19H2,1-3H3,(H,20,22)/t13-,14-,15-/m0/s1.